The Morgan fingerprint density at radius 2 is 2.00 bits per heavy atom. The van der Waals surface area contributed by atoms with E-state index in [1.165, 1.54) is 12.0 Å². The van der Waals surface area contributed by atoms with Crippen molar-refractivity contribution in [1.29, 1.82) is 0 Å². The lowest BCUT2D eigenvalue weighted by atomic mass is 10.0. The van der Waals surface area contributed by atoms with Crippen molar-refractivity contribution in [2.24, 2.45) is 5.92 Å². The van der Waals surface area contributed by atoms with E-state index in [2.05, 4.69) is 40.0 Å². The fourth-order valence-electron chi connectivity index (χ4n) is 1.03. The molecule has 0 aromatic heterocycles. The summed E-state index contributed by atoms with van der Waals surface area (Å²) in [6.45, 7) is 8.92. The Morgan fingerprint density at radius 3 is 2.27 bits per heavy atom. The van der Waals surface area contributed by atoms with Crippen LogP contribution in [0.3, 0.4) is 0 Å². The normalized spacial score (nSPS) is 15.7. The highest BCUT2D eigenvalue weighted by molar-refractivity contribution is 7.99. The maximum Gasteiger partial charge on any atom is 0.0252 e. The van der Waals surface area contributed by atoms with E-state index < -0.39 is 0 Å². The zero-order valence-electron chi connectivity index (χ0n) is 8.35. The molecule has 0 radical (unpaired) electrons. The Kier molecular flexibility index (Phi) is 5.75. The summed E-state index contributed by atoms with van der Waals surface area (Å²) >= 11 is 1.95. The summed E-state index contributed by atoms with van der Waals surface area (Å²) in [5.41, 5.74) is 1.43. The van der Waals surface area contributed by atoms with Gasteiger partial charge in [0, 0.05) is 5.25 Å². The van der Waals surface area contributed by atoms with Gasteiger partial charge >= 0.3 is 0 Å². The SMILES string of the molecule is CCC(C)C(C=C(C)C)SC. The maximum absolute atomic E-state index is 2.37. The average molecular weight is 172 g/mol. The molecule has 0 aromatic carbocycles. The van der Waals surface area contributed by atoms with Gasteiger partial charge in [-0.25, -0.2) is 0 Å². The van der Waals surface area contributed by atoms with Crippen LogP contribution in [0.5, 0.6) is 0 Å². The van der Waals surface area contributed by atoms with Crippen LogP contribution < -0.4 is 0 Å². The molecule has 0 nitrogen and oxygen atoms in total. The summed E-state index contributed by atoms with van der Waals surface area (Å²) < 4.78 is 0. The zero-order chi connectivity index (χ0) is 8.85. The Bertz CT molecular complexity index is 123. The molecule has 0 aromatic rings. The van der Waals surface area contributed by atoms with E-state index in [9.17, 15) is 0 Å². The standard InChI is InChI=1S/C10H20S/c1-6-9(4)10(11-5)7-8(2)3/h7,9-10H,6H2,1-5H3. The molecule has 1 heteroatoms. The number of rotatable bonds is 4. The highest BCUT2D eigenvalue weighted by Crippen LogP contribution is 2.21. The number of allylic oxidation sites excluding steroid dienone is 1. The number of thioether (sulfide) groups is 1. The van der Waals surface area contributed by atoms with Gasteiger partial charge in [0.1, 0.15) is 0 Å². The van der Waals surface area contributed by atoms with Crippen molar-refractivity contribution < 1.29 is 0 Å². The minimum atomic E-state index is 0.713. The maximum atomic E-state index is 2.37. The first-order valence-corrected chi connectivity index (χ1v) is 5.58. The summed E-state index contributed by atoms with van der Waals surface area (Å²) in [7, 11) is 0. The lowest BCUT2D eigenvalue weighted by Gasteiger charge is -2.17. The monoisotopic (exact) mass is 172 g/mol. The quantitative estimate of drug-likeness (QED) is 0.582. The van der Waals surface area contributed by atoms with Gasteiger partial charge in [0.05, 0.1) is 0 Å². The van der Waals surface area contributed by atoms with Gasteiger partial charge in [-0.3, -0.25) is 0 Å². The van der Waals surface area contributed by atoms with Crippen LogP contribution in [0.25, 0.3) is 0 Å². The Balaban J connectivity index is 4.05. The van der Waals surface area contributed by atoms with Crippen molar-refractivity contribution in [3.05, 3.63) is 11.6 Å². The van der Waals surface area contributed by atoms with Crippen LogP contribution in [0.2, 0.25) is 0 Å². The Hall–Kier alpha value is 0.0900. The van der Waals surface area contributed by atoms with Gasteiger partial charge in [0.2, 0.25) is 0 Å². The van der Waals surface area contributed by atoms with Crippen molar-refractivity contribution >= 4 is 11.8 Å². The molecule has 66 valence electrons. The average Bonchev–Trinajstić information content (AvgIpc) is 1.98. The Labute approximate surface area is 75.5 Å². The van der Waals surface area contributed by atoms with Crippen LogP contribution >= 0.6 is 11.8 Å². The van der Waals surface area contributed by atoms with E-state index in [1.807, 2.05) is 11.8 Å². The van der Waals surface area contributed by atoms with Gasteiger partial charge in [0.25, 0.3) is 0 Å². The van der Waals surface area contributed by atoms with Gasteiger partial charge in [-0.15, -0.1) is 0 Å². The van der Waals surface area contributed by atoms with E-state index in [1.54, 1.807) is 0 Å². The second-order valence-corrected chi connectivity index (χ2v) is 4.35. The van der Waals surface area contributed by atoms with Crippen LogP contribution in [0, 0.1) is 5.92 Å². The molecular weight excluding hydrogens is 152 g/mol. The molecule has 0 aliphatic heterocycles. The second-order valence-electron chi connectivity index (χ2n) is 3.33. The first-order valence-electron chi connectivity index (χ1n) is 4.29. The minimum absolute atomic E-state index is 0.713. The van der Waals surface area contributed by atoms with Gasteiger partial charge in [-0.05, 0) is 26.0 Å². The highest BCUT2D eigenvalue weighted by atomic mass is 32.2. The smallest absolute Gasteiger partial charge is 0.0252 e. The summed E-state index contributed by atoms with van der Waals surface area (Å²) in [5.74, 6) is 0.805. The molecule has 0 aliphatic carbocycles. The van der Waals surface area contributed by atoms with Crippen molar-refractivity contribution in [2.75, 3.05) is 6.26 Å². The van der Waals surface area contributed by atoms with Crippen molar-refractivity contribution in [2.45, 2.75) is 39.4 Å². The van der Waals surface area contributed by atoms with Crippen LogP contribution in [0.4, 0.5) is 0 Å². The summed E-state index contributed by atoms with van der Waals surface area (Å²) in [6, 6.07) is 0. The van der Waals surface area contributed by atoms with E-state index in [-0.39, 0.29) is 0 Å². The molecule has 2 atom stereocenters. The van der Waals surface area contributed by atoms with Crippen molar-refractivity contribution in [3.63, 3.8) is 0 Å². The number of hydrogen-bond acceptors (Lipinski definition) is 1. The third-order valence-electron chi connectivity index (χ3n) is 1.97. The topological polar surface area (TPSA) is 0 Å². The largest absolute Gasteiger partial charge is 0.158 e. The van der Waals surface area contributed by atoms with E-state index in [0.29, 0.717) is 5.25 Å². The number of hydrogen-bond donors (Lipinski definition) is 0. The second kappa shape index (κ2) is 5.70. The summed E-state index contributed by atoms with van der Waals surface area (Å²) in [4.78, 5) is 0. The van der Waals surface area contributed by atoms with Crippen molar-refractivity contribution in [1.82, 2.24) is 0 Å². The molecule has 2 unspecified atom stereocenters. The molecular formula is C10H20S. The lowest BCUT2D eigenvalue weighted by Crippen LogP contribution is -2.10. The predicted octanol–water partition coefficient (Wildman–Crippen LogP) is 3.73. The molecule has 11 heavy (non-hydrogen) atoms. The van der Waals surface area contributed by atoms with Gasteiger partial charge in [0.15, 0.2) is 0 Å². The molecule has 0 saturated heterocycles. The molecule has 0 N–H and O–H groups in total. The molecule has 0 heterocycles. The molecule has 0 amide bonds. The predicted molar refractivity (Wildman–Crippen MR) is 56.2 cm³/mol. The van der Waals surface area contributed by atoms with Gasteiger partial charge < -0.3 is 0 Å². The van der Waals surface area contributed by atoms with Crippen molar-refractivity contribution in [3.8, 4) is 0 Å². The molecule has 0 saturated carbocycles. The fourth-order valence-corrected chi connectivity index (χ4v) is 2.09. The molecule has 0 bridgehead atoms. The van der Waals surface area contributed by atoms with Crippen LogP contribution in [-0.2, 0) is 0 Å². The first kappa shape index (κ1) is 11.1. The fraction of sp³-hybridized carbons (Fsp3) is 0.800. The summed E-state index contributed by atoms with van der Waals surface area (Å²) in [6.07, 6.45) is 5.84. The lowest BCUT2D eigenvalue weighted by molar-refractivity contribution is 0.583. The minimum Gasteiger partial charge on any atom is -0.158 e. The van der Waals surface area contributed by atoms with Gasteiger partial charge in [-0.1, -0.05) is 31.9 Å². The van der Waals surface area contributed by atoms with Crippen LogP contribution in [-0.4, -0.2) is 11.5 Å². The van der Waals surface area contributed by atoms with E-state index in [0.717, 1.165) is 5.92 Å². The van der Waals surface area contributed by atoms with Crippen LogP contribution in [0.15, 0.2) is 11.6 Å². The molecule has 0 fully saturated rings. The Morgan fingerprint density at radius 1 is 1.45 bits per heavy atom. The third-order valence-corrected chi connectivity index (χ3v) is 3.12. The van der Waals surface area contributed by atoms with E-state index in [4.69, 9.17) is 0 Å². The highest BCUT2D eigenvalue weighted by Gasteiger charge is 2.10. The first-order chi connectivity index (χ1) is 5.11. The molecule has 0 rings (SSSR count). The summed E-state index contributed by atoms with van der Waals surface area (Å²) in [5, 5.41) is 0.713. The van der Waals surface area contributed by atoms with Gasteiger partial charge in [-0.2, -0.15) is 11.8 Å². The third kappa shape index (κ3) is 4.52. The zero-order valence-corrected chi connectivity index (χ0v) is 9.16. The molecule has 0 spiro atoms. The van der Waals surface area contributed by atoms with Crippen LogP contribution in [0.1, 0.15) is 34.1 Å². The van der Waals surface area contributed by atoms with E-state index >= 15 is 0 Å². The molecule has 0 aliphatic rings.